The summed E-state index contributed by atoms with van der Waals surface area (Å²) < 4.78 is 26.8. The lowest BCUT2D eigenvalue weighted by atomic mass is 10.00. The quantitative estimate of drug-likeness (QED) is 0.865. The Kier molecular flexibility index (Phi) is 6.57. The summed E-state index contributed by atoms with van der Waals surface area (Å²) in [7, 11) is -3.11. The molecule has 0 radical (unpaired) electrons. The summed E-state index contributed by atoms with van der Waals surface area (Å²) in [6.07, 6.45) is 7.54. The number of nitrogens with zero attached hydrogens (tertiary/aromatic N) is 1. The van der Waals surface area contributed by atoms with Crippen molar-refractivity contribution in [2.45, 2.75) is 64.0 Å². The maximum absolute atomic E-state index is 12.5. The summed E-state index contributed by atoms with van der Waals surface area (Å²) in [5.74, 6) is 0.724. The molecule has 1 aliphatic carbocycles. The Balaban J connectivity index is 0.00000180. The first kappa shape index (κ1) is 17.2. The maximum Gasteiger partial charge on any atom is 0.214 e. The predicted molar refractivity (Wildman–Crippen MR) is 81.0 cm³/mol. The van der Waals surface area contributed by atoms with Gasteiger partial charge in [0.05, 0.1) is 5.75 Å². The first-order chi connectivity index (χ1) is 8.50. The van der Waals surface area contributed by atoms with Gasteiger partial charge in [-0.1, -0.05) is 19.3 Å². The minimum absolute atomic E-state index is 0. The zero-order valence-corrected chi connectivity index (χ0v) is 13.4. The van der Waals surface area contributed by atoms with Crippen molar-refractivity contribution in [3.63, 3.8) is 0 Å². The van der Waals surface area contributed by atoms with Crippen molar-refractivity contribution in [3.05, 3.63) is 0 Å². The van der Waals surface area contributed by atoms with Crippen molar-refractivity contribution in [2.75, 3.05) is 12.3 Å². The molecular formula is C13H27ClN2O2S. The van der Waals surface area contributed by atoms with Crippen LogP contribution < -0.4 is 5.73 Å². The molecule has 2 N–H and O–H groups in total. The Bertz CT molecular complexity index is 367. The summed E-state index contributed by atoms with van der Waals surface area (Å²) >= 11 is 0. The van der Waals surface area contributed by atoms with E-state index < -0.39 is 10.0 Å². The highest BCUT2D eigenvalue weighted by molar-refractivity contribution is 7.89. The lowest BCUT2D eigenvalue weighted by Gasteiger charge is -2.37. The molecule has 2 rings (SSSR count). The molecule has 0 bridgehead atoms. The van der Waals surface area contributed by atoms with E-state index in [0.717, 1.165) is 32.1 Å². The second-order valence-corrected chi connectivity index (χ2v) is 7.93. The van der Waals surface area contributed by atoms with Crippen LogP contribution in [0.15, 0.2) is 0 Å². The Labute approximate surface area is 123 Å². The summed E-state index contributed by atoms with van der Waals surface area (Å²) in [6.45, 7) is 2.59. The van der Waals surface area contributed by atoms with Crippen LogP contribution >= 0.6 is 12.4 Å². The topological polar surface area (TPSA) is 63.4 Å². The number of sulfonamides is 1. The molecule has 0 aromatic heterocycles. The molecule has 2 atom stereocenters. The molecule has 2 unspecified atom stereocenters. The number of hydrogen-bond donors (Lipinski definition) is 1. The van der Waals surface area contributed by atoms with Crippen LogP contribution in [0.4, 0.5) is 0 Å². The molecule has 0 aromatic rings. The summed E-state index contributed by atoms with van der Waals surface area (Å²) in [4.78, 5) is 0. The highest BCUT2D eigenvalue weighted by Gasteiger charge is 2.35. The first-order valence-electron chi connectivity index (χ1n) is 7.26. The second kappa shape index (κ2) is 7.25. The fourth-order valence-corrected chi connectivity index (χ4v) is 5.61. The molecule has 114 valence electrons. The molecular weight excluding hydrogens is 284 g/mol. The number of rotatable bonds is 4. The van der Waals surface area contributed by atoms with Crippen LogP contribution in [0.25, 0.3) is 0 Å². The molecule has 19 heavy (non-hydrogen) atoms. The number of piperidine rings is 1. The first-order valence-corrected chi connectivity index (χ1v) is 8.87. The molecule has 0 spiro atoms. The number of halogens is 1. The van der Waals surface area contributed by atoms with E-state index >= 15 is 0 Å². The molecule has 2 fully saturated rings. The Morgan fingerprint density at radius 2 is 1.74 bits per heavy atom. The second-order valence-electron chi connectivity index (χ2n) is 5.96. The maximum atomic E-state index is 12.5. The van der Waals surface area contributed by atoms with Gasteiger partial charge in [-0.25, -0.2) is 8.42 Å². The normalized spacial score (nSPS) is 28.0. The van der Waals surface area contributed by atoms with Gasteiger partial charge in [-0.3, -0.25) is 0 Å². The molecule has 1 saturated heterocycles. The van der Waals surface area contributed by atoms with Gasteiger partial charge in [-0.05, 0) is 38.5 Å². The standard InChI is InChI=1S/C13H26N2O2S.ClH/c1-11(14)13-8-4-5-9-15(13)18(16,17)10-12-6-2-3-7-12;/h11-13H,2-10,14H2,1H3;1H. The van der Waals surface area contributed by atoms with E-state index in [-0.39, 0.29) is 24.5 Å². The lowest BCUT2D eigenvalue weighted by molar-refractivity contribution is 0.226. The van der Waals surface area contributed by atoms with Gasteiger partial charge in [-0.2, -0.15) is 4.31 Å². The minimum atomic E-state index is -3.11. The number of hydrogen-bond acceptors (Lipinski definition) is 3. The summed E-state index contributed by atoms with van der Waals surface area (Å²) in [5, 5.41) is 0. The summed E-state index contributed by atoms with van der Waals surface area (Å²) in [5.41, 5.74) is 5.96. The van der Waals surface area contributed by atoms with Crippen molar-refractivity contribution in [2.24, 2.45) is 11.7 Å². The molecule has 4 nitrogen and oxygen atoms in total. The molecule has 1 aliphatic heterocycles. The van der Waals surface area contributed by atoms with Gasteiger partial charge >= 0.3 is 0 Å². The van der Waals surface area contributed by atoms with Gasteiger partial charge in [0.1, 0.15) is 0 Å². The van der Waals surface area contributed by atoms with E-state index in [9.17, 15) is 8.42 Å². The smallest absolute Gasteiger partial charge is 0.214 e. The van der Waals surface area contributed by atoms with E-state index in [1.165, 1.54) is 12.8 Å². The van der Waals surface area contributed by atoms with Gasteiger partial charge in [0.25, 0.3) is 0 Å². The van der Waals surface area contributed by atoms with Crippen molar-refractivity contribution in [1.29, 1.82) is 0 Å². The van der Waals surface area contributed by atoms with E-state index in [1.807, 2.05) is 6.92 Å². The fourth-order valence-electron chi connectivity index (χ4n) is 3.37. The monoisotopic (exact) mass is 310 g/mol. The van der Waals surface area contributed by atoms with Crippen molar-refractivity contribution in [1.82, 2.24) is 4.31 Å². The predicted octanol–water partition coefficient (Wildman–Crippen LogP) is 2.13. The SMILES string of the molecule is CC(N)C1CCCCN1S(=O)(=O)CC1CCCC1.Cl. The molecule has 0 amide bonds. The third-order valence-electron chi connectivity index (χ3n) is 4.38. The van der Waals surface area contributed by atoms with Gasteiger partial charge < -0.3 is 5.73 Å². The Morgan fingerprint density at radius 3 is 2.32 bits per heavy atom. The van der Waals surface area contributed by atoms with Gasteiger partial charge in [-0.15, -0.1) is 12.4 Å². The van der Waals surface area contributed by atoms with Gasteiger partial charge in [0, 0.05) is 18.6 Å². The zero-order chi connectivity index (χ0) is 13.2. The van der Waals surface area contributed by atoms with Crippen molar-refractivity contribution >= 4 is 22.4 Å². The zero-order valence-electron chi connectivity index (χ0n) is 11.8. The van der Waals surface area contributed by atoms with Crippen LogP contribution in [0, 0.1) is 5.92 Å². The Morgan fingerprint density at radius 1 is 1.16 bits per heavy atom. The van der Waals surface area contributed by atoms with Crippen LogP contribution in [0.5, 0.6) is 0 Å². The molecule has 1 heterocycles. The third-order valence-corrected chi connectivity index (χ3v) is 6.44. The highest BCUT2D eigenvalue weighted by atomic mass is 35.5. The number of nitrogens with two attached hydrogens (primary N) is 1. The molecule has 0 aromatic carbocycles. The average molecular weight is 311 g/mol. The van der Waals surface area contributed by atoms with Crippen LogP contribution in [0.2, 0.25) is 0 Å². The van der Waals surface area contributed by atoms with E-state index in [0.29, 0.717) is 18.2 Å². The van der Waals surface area contributed by atoms with E-state index in [1.54, 1.807) is 4.31 Å². The minimum Gasteiger partial charge on any atom is -0.326 e. The average Bonchev–Trinajstić information content (AvgIpc) is 2.81. The van der Waals surface area contributed by atoms with Crippen LogP contribution in [0.3, 0.4) is 0 Å². The highest BCUT2D eigenvalue weighted by Crippen LogP contribution is 2.29. The van der Waals surface area contributed by atoms with E-state index in [4.69, 9.17) is 5.73 Å². The lowest BCUT2D eigenvalue weighted by Crippen LogP contribution is -2.52. The van der Waals surface area contributed by atoms with Crippen molar-refractivity contribution < 1.29 is 8.42 Å². The Hall–Kier alpha value is 0.160. The van der Waals surface area contributed by atoms with Crippen molar-refractivity contribution in [3.8, 4) is 0 Å². The molecule has 2 aliphatic rings. The van der Waals surface area contributed by atoms with Crippen LogP contribution in [-0.2, 0) is 10.0 Å². The largest absolute Gasteiger partial charge is 0.326 e. The van der Waals surface area contributed by atoms with E-state index in [2.05, 4.69) is 0 Å². The molecule has 1 saturated carbocycles. The fraction of sp³-hybridized carbons (Fsp3) is 1.00. The van der Waals surface area contributed by atoms with Gasteiger partial charge in [0.2, 0.25) is 10.0 Å². The summed E-state index contributed by atoms with van der Waals surface area (Å²) in [6, 6.07) is -0.0474. The van der Waals surface area contributed by atoms with Crippen LogP contribution in [0.1, 0.15) is 51.9 Å². The molecule has 6 heteroatoms. The van der Waals surface area contributed by atoms with Crippen LogP contribution in [-0.4, -0.2) is 37.1 Å². The third kappa shape index (κ3) is 4.31. The van der Waals surface area contributed by atoms with Gasteiger partial charge in [0.15, 0.2) is 0 Å².